The number of hydrogen-bond donors (Lipinski definition) is 3. The van der Waals surface area contributed by atoms with Gasteiger partial charge in [0.05, 0.1) is 12.2 Å². The topological polar surface area (TPSA) is 96.1 Å². The third-order valence-electron chi connectivity index (χ3n) is 8.85. The summed E-state index contributed by atoms with van der Waals surface area (Å²) in [6, 6.07) is 13.8. The van der Waals surface area contributed by atoms with Crippen LogP contribution in [0.2, 0.25) is 0 Å². The van der Waals surface area contributed by atoms with E-state index >= 15 is 0 Å². The number of H-pyrrole nitrogens is 1. The average Bonchev–Trinajstić information content (AvgIpc) is 3.43. The molecule has 7 heteroatoms. The first-order valence-corrected chi connectivity index (χ1v) is 16.7. The van der Waals surface area contributed by atoms with Crippen molar-refractivity contribution in [1.82, 2.24) is 20.6 Å². The highest BCUT2D eigenvalue weighted by molar-refractivity contribution is 6.09. The van der Waals surface area contributed by atoms with Gasteiger partial charge in [-0.15, -0.1) is 0 Å². The summed E-state index contributed by atoms with van der Waals surface area (Å²) < 4.78 is 6.07. The van der Waals surface area contributed by atoms with Crippen molar-refractivity contribution < 1.29 is 14.3 Å². The molecule has 2 aromatic carbocycles. The summed E-state index contributed by atoms with van der Waals surface area (Å²) in [6.07, 6.45) is 11.0. The lowest BCUT2D eigenvalue weighted by Crippen LogP contribution is -2.34. The van der Waals surface area contributed by atoms with Gasteiger partial charge in [0.15, 0.2) is 5.78 Å². The zero-order valence-corrected chi connectivity index (χ0v) is 28.0. The van der Waals surface area contributed by atoms with E-state index < -0.39 is 0 Å². The Bertz CT molecular complexity index is 1670. The Hall–Kier alpha value is -4.39. The number of nitrogens with one attached hydrogen (secondary N) is 3. The molecule has 46 heavy (non-hydrogen) atoms. The number of carbonyl (C=O) groups is 2. The Labute approximate surface area is 273 Å². The van der Waals surface area contributed by atoms with Gasteiger partial charge in [-0.3, -0.25) is 14.6 Å². The molecule has 1 amide bonds. The molecule has 0 radical (unpaired) electrons. The highest BCUT2D eigenvalue weighted by Crippen LogP contribution is 2.27. The van der Waals surface area contributed by atoms with Crippen molar-refractivity contribution in [3.05, 3.63) is 96.0 Å². The molecule has 0 aliphatic heterocycles. The van der Waals surface area contributed by atoms with E-state index in [1.807, 2.05) is 25.4 Å². The number of nitrogens with zero attached hydrogens (tertiary/aromatic N) is 1. The molecule has 3 N–H and O–H groups in total. The monoisotopic (exact) mass is 622 g/mol. The van der Waals surface area contributed by atoms with Crippen LogP contribution in [0.1, 0.15) is 98.9 Å². The number of rotatable bonds is 19. The Kier molecular flexibility index (Phi) is 12.6. The molecule has 2 aromatic heterocycles. The minimum Gasteiger partial charge on any atom is -0.493 e. The zero-order valence-electron chi connectivity index (χ0n) is 28.0. The van der Waals surface area contributed by atoms with Crippen LogP contribution in [0.3, 0.4) is 0 Å². The second-order valence-corrected chi connectivity index (χ2v) is 12.5. The van der Waals surface area contributed by atoms with Gasteiger partial charge >= 0.3 is 0 Å². The summed E-state index contributed by atoms with van der Waals surface area (Å²) in [5, 5.41) is 8.88. The van der Waals surface area contributed by atoms with E-state index in [-0.39, 0.29) is 17.7 Å². The highest BCUT2D eigenvalue weighted by atomic mass is 16.5. The SMILES string of the molecule is C=C(CCc1ccc2c(c1)[nH]c1ccncc12)NCCCCCOc1cccc(C(C)=O)c1C(=O)NC(C)CCC(=C)C(C)CC. The number of aromatic nitrogens is 2. The number of aryl methyl sites for hydroxylation is 1. The van der Waals surface area contributed by atoms with Gasteiger partial charge in [-0.2, -0.15) is 0 Å². The number of allylic oxidation sites excluding steroid dienone is 2. The van der Waals surface area contributed by atoms with Gasteiger partial charge in [0.25, 0.3) is 5.91 Å². The predicted molar refractivity (Wildman–Crippen MR) is 190 cm³/mol. The van der Waals surface area contributed by atoms with Crippen molar-refractivity contribution in [2.75, 3.05) is 13.2 Å². The van der Waals surface area contributed by atoms with Gasteiger partial charge in [-0.25, -0.2) is 0 Å². The molecule has 4 aromatic rings. The smallest absolute Gasteiger partial charge is 0.255 e. The van der Waals surface area contributed by atoms with Crippen LogP contribution in [-0.2, 0) is 6.42 Å². The Morgan fingerprint density at radius 3 is 2.61 bits per heavy atom. The van der Waals surface area contributed by atoms with Crippen molar-refractivity contribution in [3.8, 4) is 5.75 Å². The van der Waals surface area contributed by atoms with Crippen molar-refractivity contribution in [1.29, 1.82) is 0 Å². The van der Waals surface area contributed by atoms with E-state index in [0.29, 0.717) is 29.4 Å². The second kappa shape index (κ2) is 16.8. The molecule has 0 saturated carbocycles. The molecule has 0 spiro atoms. The summed E-state index contributed by atoms with van der Waals surface area (Å²) in [7, 11) is 0. The van der Waals surface area contributed by atoms with E-state index in [4.69, 9.17) is 4.74 Å². The van der Waals surface area contributed by atoms with E-state index in [1.54, 1.807) is 18.2 Å². The van der Waals surface area contributed by atoms with Crippen molar-refractivity contribution in [2.24, 2.45) is 5.92 Å². The normalized spacial score (nSPS) is 12.5. The maximum Gasteiger partial charge on any atom is 0.255 e. The Morgan fingerprint density at radius 1 is 1.00 bits per heavy atom. The maximum absolute atomic E-state index is 13.3. The number of benzene rings is 2. The fourth-order valence-corrected chi connectivity index (χ4v) is 5.67. The van der Waals surface area contributed by atoms with Gasteiger partial charge in [-0.1, -0.05) is 56.8 Å². The molecule has 7 nitrogen and oxygen atoms in total. The summed E-state index contributed by atoms with van der Waals surface area (Å²) in [5.74, 6) is 0.488. The van der Waals surface area contributed by atoms with Crippen LogP contribution < -0.4 is 15.4 Å². The van der Waals surface area contributed by atoms with Crippen LogP contribution in [0.4, 0.5) is 0 Å². The molecular weight excluding hydrogens is 572 g/mol. The molecule has 0 aliphatic carbocycles. The van der Waals surface area contributed by atoms with E-state index in [0.717, 1.165) is 80.0 Å². The molecular formula is C39H50N4O3. The van der Waals surface area contributed by atoms with Gasteiger partial charge in [-0.05, 0) is 94.9 Å². The zero-order chi connectivity index (χ0) is 33.1. The number of ketones is 1. The standard InChI is InChI=1S/C39H50N4O3/c1-7-26(2)27(3)14-15-29(5)42-39(45)38-32(30(6)44)12-11-13-37(38)46-23-10-8-9-21-41-28(4)16-17-31-18-19-33-34-25-40-22-20-35(34)43-36(33)24-31/h11-13,18-20,22,24-26,29,41,43H,3-4,7-10,14-17,21,23H2,1-2,5-6H3,(H,42,45). The van der Waals surface area contributed by atoms with E-state index in [9.17, 15) is 9.59 Å². The average molecular weight is 623 g/mol. The molecule has 0 aliphatic rings. The quantitative estimate of drug-likeness (QED) is 0.0552. The van der Waals surface area contributed by atoms with Crippen molar-refractivity contribution in [3.63, 3.8) is 0 Å². The Morgan fingerprint density at radius 2 is 1.83 bits per heavy atom. The lowest BCUT2D eigenvalue weighted by molar-refractivity contribution is 0.0920. The highest BCUT2D eigenvalue weighted by Gasteiger charge is 2.21. The Balaban J connectivity index is 1.18. The molecule has 2 atom stereocenters. The van der Waals surface area contributed by atoms with Crippen LogP contribution >= 0.6 is 0 Å². The minimum atomic E-state index is -0.274. The molecule has 0 bridgehead atoms. The number of amides is 1. The van der Waals surface area contributed by atoms with Gasteiger partial charge in [0.2, 0.25) is 0 Å². The largest absolute Gasteiger partial charge is 0.493 e. The first-order chi connectivity index (χ1) is 22.2. The molecule has 0 fully saturated rings. The van der Waals surface area contributed by atoms with Crippen LogP contribution in [-0.4, -0.2) is 40.9 Å². The number of Topliss-reactive ketones (excluding diaryl/α,β-unsaturated/α-hetero) is 1. The fraction of sp³-hybridized carbons (Fsp3) is 0.410. The van der Waals surface area contributed by atoms with Crippen molar-refractivity contribution in [2.45, 2.75) is 85.1 Å². The second-order valence-electron chi connectivity index (χ2n) is 12.5. The number of unbranched alkanes of at least 4 members (excludes halogenated alkanes) is 2. The number of carbonyl (C=O) groups excluding carboxylic acids is 2. The fourth-order valence-electron chi connectivity index (χ4n) is 5.67. The van der Waals surface area contributed by atoms with Crippen LogP contribution in [0.25, 0.3) is 21.8 Å². The minimum absolute atomic E-state index is 0.0514. The summed E-state index contributed by atoms with van der Waals surface area (Å²) in [4.78, 5) is 33.4. The molecule has 2 heterocycles. The molecule has 4 rings (SSSR count). The van der Waals surface area contributed by atoms with Gasteiger partial charge in [0.1, 0.15) is 5.75 Å². The number of pyridine rings is 1. The van der Waals surface area contributed by atoms with Crippen LogP contribution in [0.5, 0.6) is 5.75 Å². The predicted octanol–water partition coefficient (Wildman–Crippen LogP) is 8.70. The maximum atomic E-state index is 13.3. The summed E-state index contributed by atoms with van der Waals surface area (Å²) in [6.45, 7) is 17.5. The first kappa shape index (κ1) is 34.5. The third kappa shape index (κ3) is 9.32. The number of aromatic amines is 1. The summed E-state index contributed by atoms with van der Waals surface area (Å²) in [5.41, 5.74) is 6.45. The molecule has 2 unspecified atom stereocenters. The molecule has 0 saturated heterocycles. The lowest BCUT2D eigenvalue weighted by Gasteiger charge is -2.19. The molecule has 244 valence electrons. The number of hydrogen-bond acceptors (Lipinski definition) is 5. The first-order valence-electron chi connectivity index (χ1n) is 16.7. The number of ether oxygens (including phenoxy) is 1. The lowest BCUT2D eigenvalue weighted by atomic mass is 9.94. The number of fused-ring (bicyclic) bond motifs is 3. The van der Waals surface area contributed by atoms with Gasteiger partial charge < -0.3 is 20.4 Å². The van der Waals surface area contributed by atoms with Crippen LogP contribution in [0, 0.1) is 5.92 Å². The van der Waals surface area contributed by atoms with E-state index in [1.165, 1.54) is 23.4 Å². The van der Waals surface area contributed by atoms with E-state index in [2.05, 4.69) is 65.8 Å². The van der Waals surface area contributed by atoms with Crippen LogP contribution in [0.15, 0.2) is 79.3 Å². The summed E-state index contributed by atoms with van der Waals surface area (Å²) >= 11 is 0. The van der Waals surface area contributed by atoms with Crippen molar-refractivity contribution >= 4 is 33.5 Å². The van der Waals surface area contributed by atoms with Gasteiger partial charge in [0, 0.05) is 58.0 Å². The third-order valence-corrected chi connectivity index (χ3v) is 8.85.